The van der Waals surface area contributed by atoms with Crippen LogP contribution in [-0.4, -0.2) is 17.5 Å². The molecule has 0 fully saturated rings. The van der Waals surface area contributed by atoms with Crippen LogP contribution in [0.2, 0.25) is 0 Å². The molecule has 0 atom stereocenters. The summed E-state index contributed by atoms with van der Waals surface area (Å²) in [7, 11) is 0. The molecule has 1 N–H and O–H groups in total. The van der Waals surface area contributed by atoms with Crippen LogP contribution in [0.3, 0.4) is 0 Å². The Balaban J connectivity index is 1.90. The highest BCUT2D eigenvalue weighted by Gasteiger charge is 2.33. The number of hydrazine groups is 1. The van der Waals surface area contributed by atoms with Crippen LogP contribution >= 0.6 is 0 Å². The van der Waals surface area contributed by atoms with Crippen LogP contribution in [0.15, 0.2) is 60.7 Å². The monoisotopic (exact) mass is 411 g/mol. The van der Waals surface area contributed by atoms with Crippen molar-refractivity contribution in [2.75, 3.05) is 12.0 Å². The number of nitriles is 1. The first-order chi connectivity index (χ1) is 14.3. The van der Waals surface area contributed by atoms with Gasteiger partial charge in [0.15, 0.2) is 0 Å². The number of carbonyl (C=O) groups excluding carboxylic acids is 1. The summed E-state index contributed by atoms with van der Waals surface area (Å²) in [6.45, 7) is 2.20. The molecule has 0 saturated heterocycles. The summed E-state index contributed by atoms with van der Waals surface area (Å²) in [5.41, 5.74) is 3.28. The van der Waals surface area contributed by atoms with Crippen LogP contribution in [0, 0.1) is 11.3 Å². The Hall–Kier alpha value is -3.53. The van der Waals surface area contributed by atoms with Crippen molar-refractivity contribution >= 4 is 22.4 Å². The van der Waals surface area contributed by atoms with Crippen molar-refractivity contribution in [2.45, 2.75) is 25.9 Å². The van der Waals surface area contributed by atoms with Crippen LogP contribution in [0.5, 0.6) is 0 Å². The molecule has 3 aromatic carbocycles. The second-order valence-electron chi connectivity index (χ2n) is 6.81. The number of fused-ring (bicyclic) bond motifs is 1. The summed E-state index contributed by atoms with van der Waals surface area (Å²) in [5.74, 6) is -0.470. The zero-order chi connectivity index (χ0) is 21.7. The van der Waals surface area contributed by atoms with Crippen molar-refractivity contribution in [3.8, 4) is 6.07 Å². The second kappa shape index (κ2) is 8.87. The van der Waals surface area contributed by atoms with Gasteiger partial charge < -0.3 is 0 Å². The fourth-order valence-corrected chi connectivity index (χ4v) is 3.32. The minimum Gasteiger partial charge on any atom is -0.295 e. The SMILES string of the molecule is CCCN(Nc1ccc(C#N)c2ccccc12)C(=O)Cc1ccccc1C(F)(F)F. The van der Waals surface area contributed by atoms with Gasteiger partial charge in [-0.25, -0.2) is 0 Å². The molecule has 0 saturated carbocycles. The minimum absolute atomic E-state index is 0.0670. The number of anilines is 1. The lowest BCUT2D eigenvalue weighted by atomic mass is 10.0. The van der Waals surface area contributed by atoms with Gasteiger partial charge in [0.05, 0.1) is 29.3 Å². The normalized spacial score (nSPS) is 11.2. The van der Waals surface area contributed by atoms with Gasteiger partial charge in [0, 0.05) is 17.3 Å². The van der Waals surface area contributed by atoms with Gasteiger partial charge in [-0.3, -0.25) is 15.2 Å². The highest BCUT2D eigenvalue weighted by atomic mass is 19.4. The quantitative estimate of drug-likeness (QED) is 0.542. The van der Waals surface area contributed by atoms with Crippen molar-refractivity contribution in [3.63, 3.8) is 0 Å². The van der Waals surface area contributed by atoms with Crippen LogP contribution in [-0.2, 0) is 17.4 Å². The smallest absolute Gasteiger partial charge is 0.295 e. The zero-order valence-corrected chi connectivity index (χ0v) is 16.3. The second-order valence-corrected chi connectivity index (χ2v) is 6.81. The van der Waals surface area contributed by atoms with Gasteiger partial charge in [-0.05, 0) is 30.2 Å². The summed E-state index contributed by atoms with van der Waals surface area (Å²) in [4.78, 5) is 12.9. The van der Waals surface area contributed by atoms with Gasteiger partial charge in [0.25, 0.3) is 0 Å². The maximum absolute atomic E-state index is 13.3. The molecule has 154 valence electrons. The number of halogens is 3. The van der Waals surface area contributed by atoms with E-state index in [2.05, 4.69) is 11.5 Å². The number of nitrogens with one attached hydrogen (secondary N) is 1. The lowest BCUT2D eigenvalue weighted by molar-refractivity contribution is -0.138. The minimum atomic E-state index is -4.52. The molecular formula is C23H20F3N3O. The summed E-state index contributed by atoms with van der Waals surface area (Å²) in [6.07, 6.45) is -4.28. The first-order valence-electron chi connectivity index (χ1n) is 9.49. The van der Waals surface area contributed by atoms with E-state index in [1.807, 2.05) is 31.2 Å². The number of carbonyl (C=O) groups is 1. The van der Waals surface area contributed by atoms with Crippen molar-refractivity contribution in [3.05, 3.63) is 77.4 Å². The molecule has 3 aromatic rings. The number of amides is 1. The largest absolute Gasteiger partial charge is 0.416 e. The molecule has 0 aliphatic carbocycles. The fraction of sp³-hybridized carbons (Fsp3) is 0.217. The lowest BCUT2D eigenvalue weighted by Crippen LogP contribution is -2.38. The van der Waals surface area contributed by atoms with E-state index < -0.39 is 17.6 Å². The number of hydrogen-bond acceptors (Lipinski definition) is 3. The summed E-state index contributed by atoms with van der Waals surface area (Å²) >= 11 is 0. The third kappa shape index (κ3) is 4.54. The molecule has 0 aromatic heterocycles. The maximum atomic E-state index is 13.3. The van der Waals surface area contributed by atoms with Crippen LogP contribution in [0.1, 0.15) is 30.0 Å². The van der Waals surface area contributed by atoms with Gasteiger partial charge in [-0.1, -0.05) is 49.4 Å². The van der Waals surface area contributed by atoms with Gasteiger partial charge >= 0.3 is 6.18 Å². The number of hydrogen-bond donors (Lipinski definition) is 1. The molecule has 0 bridgehead atoms. The molecule has 1 amide bonds. The Bertz CT molecular complexity index is 1100. The average molecular weight is 411 g/mol. The van der Waals surface area contributed by atoms with E-state index >= 15 is 0 Å². The molecule has 0 unspecified atom stereocenters. The number of benzene rings is 3. The lowest BCUT2D eigenvalue weighted by Gasteiger charge is -2.25. The van der Waals surface area contributed by atoms with Gasteiger partial charge in [0.1, 0.15) is 0 Å². The van der Waals surface area contributed by atoms with E-state index in [-0.39, 0.29) is 12.0 Å². The van der Waals surface area contributed by atoms with Gasteiger partial charge in [0.2, 0.25) is 5.91 Å². The van der Waals surface area contributed by atoms with E-state index in [0.29, 0.717) is 24.2 Å². The first-order valence-corrected chi connectivity index (χ1v) is 9.49. The Morgan fingerprint density at radius 3 is 2.37 bits per heavy atom. The molecule has 30 heavy (non-hydrogen) atoms. The van der Waals surface area contributed by atoms with Gasteiger partial charge in [-0.2, -0.15) is 18.4 Å². The van der Waals surface area contributed by atoms with E-state index in [0.717, 1.165) is 16.8 Å². The van der Waals surface area contributed by atoms with Crippen molar-refractivity contribution in [2.24, 2.45) is 0 Å². The standard InChI is InChI=1S/C23H20F3N3O/c1-2-13-29(22(30)14-16-7-3-6-10-20(16)23(24,25)26)28-21-12-11-17(15-27)18-8-4-5-9-19(18)21/h3-12,28H,2,13-14H2,1H3. The van der Waals surface area contributed by atoms with Gasteiger partial charge in [-0.15, -0.1) is 0 Å². The first kappa shape index (κ1) is 21.2. The summed E-state index contributed by atoms with van der Waals surface area (Å²) < 4.78 is 39.8. The third-order valence-electron chi connectivity index (χ3n) is 4.71. The number of rotatable bonds is 6. The van der Waals surface area contributed by atoms with E-state index in [1.54, 1.807) is 12.1 Å². The fourth-order valence-electron chi connectivity index (χ4n) is 3.32. The molecular weight excluding hydrogens is 391 g/mol. The third-order valence-corrected chi connectivity index (χ3v) is 4.71. The number of nitrogens with zero attached hydrogens (tertiary/aromatic N) is 2. The molecule has 0 radical (unpaired) electrons. The van der Waals surface area contributed by atoms with Crippen molar-refractivity contribution in [1.29, 1.82) is 5.26 Å². The van der Waals surface area contributed by atoms with E-state index in [4.69, 9.17) is 0 Å². The molecule has 0 aliphatic rings. The highest BCUT2D eigenvalue weighted by Crippen LogP contribution is 2.32. The maximum Gasteiger partial charge on any atom is 0.416 e. The van der Waals surface area contributed by atoms with Crippen LogP contribution < -0.4 is 5.43 Å². The Morgan fingerprint density at radius 1 is 1.03 bits per heavy atom. The highest BCUT2D eigenvalue weighted by molar-refractivity contribution is 5.98. The predicted molar refractivity (Wildman–Crippen MR) is 109 cm³/mol. The predicted octanol–water partition coefficient (Wildman–Crippen LogP) is 5.54. The molecule has 0 aliphatic heterocycles. The van der Waals surface area contributed by atoms with Crippen molar-refractivity contribution in [1.82, 2.24) is 5.01 Å². The average Bonchev–Trinajstić information content (AvgIpc) is 2.73. The molecule has 4 nitrogen and oxygen atoms in total. The molecule has 0 heterocycles. The molecule has 3 rings (SSSR count). The van der Waals surface area contributed by atoms with Crippen molar-refractivity contribution < 1.29 is 18.0 Å². The summed E-state index contributed by atoms with van der Waals surface area (Å²) in [5, 5.41) is 12.1. The topological polar surface area (TPSA) is 56.1 Å². The Kier molecular flexibility index (Phi) is 6.26. The van der Waals surface area contributed by atoms with Crippen LogP contribution in [0.4, 0.5) is 18.9 Å². The summed E-state index contributed by atoms with van der Waals surface area (Å²) in [6, 6.07) is 17.9. The molecule has 0 spiro atoms. The van der Waals surface area contributed by atoms with E-state index in [9.17, 15) is 23.2 Å². The van der Waals surface area contributed by atoms with E-state index in [1.165, 1.54) is 23.2 Å². The zero-order valence-electron chi connectivity index (χ0n) is 16.3. The Labute approximate surface area is 172 Å². The number of alkyl halides is 3. The molecule has 7 heteroatoms. The van der Waals surface area contributed by atoms with Crippen LogP contribution in [0.25, 0.3) is 10.8 Å². The Morgan fingerprint density at radius 2 is 1.70 bits per heavy atom.